The molecule has 5 heteroatoms. The van der Waals surface area contributed by atoms with Crippen LogP contribution in [0.4, 0.5) is 0 Å². The Labute approximate surface area is 128 Å². The number of aromatic nitrogens is 3. The number of hydrogen-bond donors (Lipinski definition) is 0. The van der Waals surface area contributed by atoms with Crippen LogP contribution in [0, 0.1) is 13.8 Å². The molecule has 1 unspecified atom stereocenters. The Kier molecular flexibility index (Phi) is 3.06. The Morgan fingerprint density at radius 1 is 1.09 bits per heavy atom. The molecule has 0 fully saturated rings. The number of fused-ring (bicyclic) bond motifs is 1. The van der Waals surface area contributed by atoms with Gasteiger partial charge in [0.05, 0.1) is 17.2 Å². The lowest BCUT2D eigenvalue weighted by molar-refractivity contribution is 0.354. The van der Waals surface area contributed by atoms with Gasteiger partial charge in [0.1, 0.15) is 5.76 Å². The van der Waals surface area contributed by atoms with E-state index in [-0.39, 0.29) is 5.92 Å². The average Bonchev–Trinajstić information content (AvgIpc) is 3.13. The predicted molar refractivity (Wildman–Crippen MR) is 80.5 cm³/mol. The summed E-state index contributed by atoms with van der Waals surface area (Å²) in [5.41, 5.74) is 4.31. The second-order valence-electron chi connectivity index (χ2n) is 5.80. The molecule has 5 nitrogen and oxygen atoms in total. The summed E-state index contributed by atoms with van der Waals surface area (Å²) < 4.78 is 10.8. The molecule has 0 amide bonds. The van der Waals surface area contributed by atoms with Crippen LogP contribution >= 0.6 is 0 Å². The van der Waals surface area contributed by atoms with Crippen molar-refractivity contribution in [2.24, 2.45) is 0 Å². The van der Waals surface area contributed by atoms with Crippen molar-refractivity contribution in [2.75, 3.05) is 0 Å². The summed E-state index contributed by atoms with van der Waals surface area (Å²) in [6.45, 7) is 3.75. The highest BCUT2D eigenvalue weighted by Gasteiger charge is 2.27. The molecular formula is C17H17N3O2. The molecule has 22 heavy (non-hydrogen) atoms. The molecule has 1 aliphatic carbocycles. The molecule has 0 aliphatic heterocycles. The van der Waals surface area contributed by atoms with E-state index < -0.39 is 0 Å². The molecule has 4 rings (SSSR count). The molecule has 3 aromatic rings. The fourth-order valence-electron chi connectivity index (χ4n) is 3.29. The van der Waals surface area contributed by atoms with Crippen LogP contribution in [0.3, 0.4) is 0 Å². The average molecular weight is 295 g/mol. The van der Waals surface area contributed by atoms with Crippen LogP contribution in [0.15, 0.2) is 33.3 Å². The smallest absolute Gasteiger partial charge is 0.234 e. The quantitative estimate of drug-likeness (QED) is 0.719. The summed E-state index contributed by atoms with van der Waals surface area (Å²) in [6.07, 6.45) is 3.31. The summed E-state index contributed by atoms with van der Waals surface area (Å²) in [6, 6.07) is 8.51. The van der Waals surface area contributed by atoms with Crippen molar-refractivity contribution in [3.63, 3.8) is 0 Å². The van der Waals surface area contributed by atoms with Crippen LogP contribution in [0.25, 0.3) is 11.4 Å². The highest BCUT2D eigenvalue weighted by Crippen LogP contribution is 2.36. The van der Waals surface area contributed by atoms with E-state index in [1.807, 2.05) is 13.8 Å². The predicted octanol–water partition coefficient (Wildman–Crippen LogP) is 3.81. The first-order chi connectivity index (χ1) is 10.7. The van der Waals surface area contributed by atoms with Crippen LogP contribution in [-0.4, -0.2) is 15.3 Å². The fraction of sp³-hybridized carbons (Fsp3) is 0.353. The van der Waals surface area contributed by atoms with Crippen LogP contribution in [0.2, 0.25) is 0 Å². The van der Waals surface area contributed by atoms with Gasteiger partial charge in [-0.25, -0.2) is 0 Å². The van der Waals surface area contributed by atoms with E-state index >= 15 is 0 Å². The van der Waals surface area contributed by atoms with Crippen LogP contribution < -0.4 is 0 Å². The van der Waals surface area contributed by atoms with Crippen LogP contribution in [0.1, 0.15) is 47.2 Å². The number of benzene rings is 1. The number of rotatable bonds is 2. The number of hydrogen-bond acceptors (Lipinski definition) is 5. The summed E-state index contributed by atoms with van der Waals surface area (Å²) >= 11 is 0. The van der Waals surface area contributed by atoms with Crippen molar-refractivity contribution in [2.45, 2.75) is 39.0 Å². The van der Waals surface area contributed by atoms with Gasteiger partial charge >= 0.3 is 0 Å². The number of aryl methyl sites for hydroxylation is 3. The zero-order chi connectivity index (χ0) is 15.1. The minimum atomic E-state index is 0.187. The van der Waals surface area contributed by atoms with Crippen molar-refractivity contribution in [3.8, 4) is 11.4 Å². The van der Waals surface area contributed by atoms with Crippen LogP contribution in [0.5, 0.6) is 0 Å². The van der Waals surface area contributed by atoms with E-state index in [1.165, 1.54) is 11.1 Å². The zero-order valence-electron chi connectivity index (χ0n) is 12.7. The van der Waals surface area contributed by atoms with Crippen molar-refractivity contribution < 1.29 is 9.05 Å². The zero-order valence-corrected chi connectivity index (χ0v) is 12.7. The lowest BCUT2D eigenvalue weighted by atomic mass is 9.83. The maximum atomic E-state index is 5.56. The Balaban J connectivity index is 1.74. The highest BCUT2D eigenvalue weighted by atomic mass is 16.5. The normalized spacial score (nSPS) is 17.5. The fourth-order valence-corrected chi connectivity index (χ4v) is 3.29. The van der Waals surface area contributed by atoms with Crippen molar-refractivity contribution in [3.05, 3.63) is 52.7 Å². The van der Waals surface area contributed by atoms with Gasteiger partial charge in [-0.3, -0.25) is 0 Å². The molecule has 0 bridgehead atoms. The van der Waals surface area contributed by atoms with E-state index in [0.717, 1.165) is 30.5 Å². The van der Waals surface area contributed by atoms with Crippen molar-refractivity contribution in [1.29, 1.82) is 0 Å². The molecule has 2 aromatic heterocycles. The van der Waals surface area contributed by atoms with E-state index in [1.54, 1.807) is 0 Å². The molecule has 1 aliphatic rings. The van der Waals surface area contributed by atoms with Crippen molar-refractivity contribution >= 4 is 0 Å². The van der Waals surface area contributed by atoms with Gasteiger partial charge in [0.15, 0.2) is 0 Å². The largest absolute Gasteiger partial charge is 0.361 e. The molecule has 0 radical (unpaired) electrons. The van der Waals surface area contributed by atoms with Gasteiger partial charge in [0.25, 0.3) is 0 Å². The first kappa shape index (κ1) is 13.2. The summed E-state index contributed by atoms with van der Waals surface area (Å²) in [5, 5.41) is 8.10. The molecule has 0 saturated carbocycles. The molecule has 2 heterocycles. The number of nitrogens with zero attached hydrogens (tertiary/aromatic N) is 3. The molecule has 1 aromatic carbocycles. The molecule has 0 N–H and O–H groups in total. The highest BCUT2D eigenvalue weighted by molar-refractivity contribution is 5.59. The minimum Gasteiger partial charge on any atom is -0.361 e. The van der Waals surface area contributed by atoms with Gasteiger partial charge in [-0.1, -0.05) is 34.6 Å². The Bertz CT molecular complexity index is 799. The van der Waals surface area contributed by atoms with Crippen LogP contribution in [-0.2, 0) is 6.42 Å². The molecule has 0 saturated heterocycles. The molecular weight excluding hydrogens is 278 g/mol. The lowest BCUT2D eigenvalue weighted by Gasteiger charge is -2.22. The van der Waals surface area contributed by atoms with Gasteiger partial charge in [0.2, 0.25) is 11.7 Å². The Morgan fingerprint density at radius 3 is 2.77 bits per heavy atom. The minimum absolute atomic E-state index is 0.187. The first-order valence-electron chi connectivity index (χ1n) is 7.58. The molecule has 1 atom stereocenters. The Hall–Kier alpha value is -2.43. The third-order valence-electron chi connectivity index (χ3n) is 4.37. The second-order valence-corrected chi connectivity index (χ2v) is 5.80. The van der Waals surface area contributed by atoms with Gasteiger partial charge in [-0.2, -0.15) is 4.98 Å². The van der Waals surface area contributed by atoms with E-state index in [0.29, 0.717) is 17.5 Å². The molecule has 0 spiro atoms. The lowest BCUT2D eigenvalue weighted by Crippen LogP contribution is -2.11. The second kappa shape index (κ2) is 5.09. The van der Waals surface area contributed by atoms with E-state index in [2.05, 4.69) is 39.6 Å². The van der Waals surface area contributed by atoms with E-state index in [9.17, 15) is 0 Å². The monoisotopic (exact) mass is 295 g/mol. The molecule has 112 valence electrons. The standard InChI is InChI=1S/C17H17N3O2/c1-10-15(11(2)21-19-10)16-18-17(22-20-16)14-9-5-7-12-6-3-4-8-13(12)14/h3-4,6,8,14H,5,7,9H2,1-2H3. The first-order valence-corrected chi connectivity index (χ1v) is 7.58. The van der Waals surface area contributed by atoms with Gasteiger partial charge < -0.3 is 9.05 Å². The third kappa shape index (κ3) is 2.04. The van der Waals surface area contributed by atoms with Gasteiger partial charge in [-0.05, 0) is 44.2 Å². The summed E-state index contributed by atoms with van der Waals surface area (Å²) in [7, 11) is 0. The topological polar surface area (TPSA) is 65.0 Å². The maximum absolute atomic E-state index is 5.56. The SMILES string of the molecule is Cc1noc(C)c1-c1noc(C2CCCc3ccccc32)n1. The van der Waals surface area contributed by atoms with Gasteiger partial charge in [-0.15, -0.1) is 0 Å². The van der Waals surface area contributed by atoms with Crippen molar-refractivity contribution in [1.82, 2.24) is 15.3 Å². The maximum Gasteiger partial charge on any atom is 0.234 e. The van der Waals surface area contributed by atoms with E-state index in [4.69, 9.17) is 9.05 Å². The Morgan fingerprint density at radius 2 is 1.95 bits per heavy atom. The summed E-state index contributed by atoms with van der Waals surface area (Å²) in [5.74, 6) is 2.15. The third-order valence-corrected chi connectivity index (χ3v) is 4.37. The summed E-state index contributed by atoms with van der Waals surface area (Å²) in [4.78, 5) is 4.62. The van der Waals surface area contributed by atoms with Gasteiger partial charge in [0, 0.05) is 0 Å².